The summed E-state index contributed by atoms with van der Waals surface area (Å²) in [6.07, 6.45) is 1.64. The molecule has 0 saturated carbocycles. The van der Waals surface area contributed by atoms with Gasteiger partial charge in [0, 0.05) is 11.6 Å². The number of nitrogen functional groups attached to an aromatic ring is 1. The number of nitrogens with two attached hydrogens (primary N) is 1. The van der Waals surface area contributed by atoms with E-state index in [4.69, 9.17) is 15.2 Å². The second-order valence-corrected chi connectivity index (χ2v) is 4.23. The largest absolute Gasteiger partial charge is 0.497 e. The second kappa shape index (κ2) is 4.40. The predicted octanol–water partition coefficient (Wildman–Crippen LogP) is 2.41. The molecule has 16 heavy (non-hydrogen) atoms. The number of thiazole rings is 1. The molecule has 0 bridgehead atoms. The molecule has 5 heteroatoms. The quantitative estimate of drug-likeness (QED) is 0.889. The van der Waals surface area contributed by atoms with Crippen LogP contribution in [-0.4, -0.2) is 19.2 Å². The number of anilines is 1. The van der Waals surface area contributed by atoms with Crippen molar-refractivity contribution in [2.45, 2.75) is 0 Å². The molecule has 0 radical (unpaired) electrons. The summed E-state index contributed by atoms with van der Waals surface area (Å²) in [6.45, 7) is 0. The van der Waals surface area contributed by atoms with E-state index in [1.165, 1.54) is 11.3 Å². The molecular formula is C11H12N2O2S. The van der Waals surface area contributed by atoms with E-state index >= 15 is 0 Å². The highest BCUT2D eigenvalue weighted by atomic mass is 32.1. The molecule has 0 aliphatic carbocycles. The lowest BCUT2D eigenvalue weighted by atomic mass is 10.2. The average Bonchev–Trinajstić information content (AvgIpc) is 2.75. The van der Waals surface area contributed by atoms with Crippen molar-refractivity contribution in [2.75, 3.05) is 20.0 Å². The highest BCUT2D eigenvalue weighted by Gasteiger charge is 2.07. The summed E-state index contributed by atoms with van der Waals surface area (Å²) in [5, 5.41) is 1.55. The second-order valence-electron chi connectivity index (χ2n) is 3.17. The maximum absolute atomic E-state index is 5.65. The van der Waals surface area contributed by atoms with Gasteiger partial charge in [0.1, 0.15) is 21.5 Å². The summed E-state index contributed by atoms with van der Waals surface area (Å²) in [5.74, 6) is 1.48. The number of rotatable bonds is 3. The maximum atomic E-state index is 5.65. The molecule has 2 aromatic rings. The van der Waals surface area contributed by atoms with Crippen molar-refractivity contribution >= 4 is 16.3 Å². The average molecular weight is 236 g/mol. The number of benzene rings is 1. The van der Waals surface area contributed by atoms with E-state index < -0.39 is 0 Å². The first kappa shape index (κ1) is 10.8. The molecule has 0 saturated heterocycles. The minimum absolute atomic E-state index is 0.691. The van der Waals surface area contributed by atoms with Crippen molar-refractivity contribution in [3.63, 3.8) is 0 Å². The van der Waals surface area contributed by atoms with E-state index in [1.807, 2.05) is 18.2 Å². The van der Waals surface area contributed by atoms with Crippen molar-refractivity contribution in [3.05, 3.63) is 24.4 Å². The predicted molar refractivity (Wildman–Crippen MR) is 65.1 cm³/mol. The molecule has 1 aromatic heterocycles. The van der Waals surface area contributed by atoms with Crippen LogP contribution in [0.15, 0.2) is 24.4 Å². The van der Waals surface area contributed by atoms with E-state index in [0.29, 0.717) is 5.00 Å². The monoisotopic (exact) mass is 236 g/mol. The van der Waals surface area contributed by atoms with Crippen molar-refractivity contribution in [2.24, 2.45) is 0 Å². The molecule has 2 rings (SSSR count). The van der Waals surface area contributed by atoms with Gasteiger partial charge < -0.3 is 15.2 Å². The minimum atomic E-state index is 0.691. The number of nitrogens with zero attached hydrogens (tertiary/aromatic N) is 1. The van der Waals surface area contributed by atoms with Gasteiger partial charge in [-0.15, -0.1) is 0 Å². The van der Waals surface area contributed by atoms with Gasteiger partial charge >= 0.3 is 0 Å². The first-order valence-corrected chi connectivity index (χ1v) is 5.49. The Labute approximate surface area is 97.6 Å². The summed E-state index contributed by atoms with van der Waals surface area (Å²) in [6, 6.07) is 5.63. The van der Waals surface area contributed by atoms with Crippen LogP contribution < -0.4 is 15.2 Å². The fourth-order valence-electron chi connectivity index (χ4n) is 1.35. The third-order valence-electron chi connectivity index (χ3n) is 2.12. The van der Waals surface area contributed by atoms with Gasteiger partial charge in [-0.25, -0.2) is 4.98 Å². The van der Waals surface area contributed by atoms with Gasteiger partial charge in [-0.1, -0.05) is 11.3 Å². The maximum Gasteiger partial charge on any atom is 0.125 e. The van der Waals surface area contributed by atoms with Gasteiger partial charge in [0.2, 0.25) is 0 Å². The van der Waals surface area contributed by atoms with E-state index in [2.05, 4.69) is 4.98 Å². The van der Waals surface area contributed by atoms with Crippen LogP contribution in [0.3, 0.4) is 0 Å². The zero-order valence-corrected chi connectivity index (χ0v) is 9.88. The molecule has 84 valence electrons. The standard InChI is InChI=1S/C11H12N2O2S/c1-14-8-3-7(4-9(5-8)15-2)11-13-6-10(12)16-11/h3-6H,12H2,1-2H3. The first-order chi connectivity index (χ1) is 7.72. The van der Waals surface area contributed by atoms with E-state index in [-0.39, 0.29) is 0 Å². The van der Waals surface area contributed by atoms with Gasteiger partial charge in [0.15, 0.2) is 0 Å². The lowest BCUT2D eigenvalue weighted by molar-refractivity contribution is 0.394. The van der Waals surface area contributed by atoms with Gasteiger partial charge in [0.25, 0.3) is 0 Å². The fraction of sp³-hybridized carbons (Fsp3) is 0.182. The first-order valence-electron chi connectivity index (χ1n) is 4.67. The van der Waals surface area contributed by atoms with E-state index in [9.17, 15) is 0 Å². The highest BCUT2D eigenvalue weighted by Crippen LogP contribution is 2.32. The number of aromatic nitrogens is 1. The number of hydrogen-bond acceptors (Lipinski definition) is 5. The Bertz CT molecular complexity index is 474. The Hall–Kier alpha value is -1.75. The Balaban J connectivity index is 2.47. The zero-order valence-electron chi connectivity index (χ0n) is 9.06. The van der Waals surface area contributed by atoms with Crippen molar-refractivity contribution in [3.8, 4) is 22.1 Å². The zero-order chi connectivity index (χ0) is 11.5. The lowest BCUT2D eigenvalue weighted by Crippen LogP contribution is -1.88. The van der Waals surface area contributed by atoms with Crippen LogP contribution in [0, 0.1) is 0 Å². The van der Waals surface area contributed by atoms with Crippen LogP contribution in [0.2, 0.25) is 0 Å². The summed E-state index contributed by atoms with van der Waals surface area (Å²) >= 11 is 1.43. The summed E-state index contributed by atoms with van der Waals surface area (Å²) < 4.78 is 10.4. The molecule has 4 nitrogen and oxygen atoms in total. The van der Waals surface area contributed by atoms with Crippen LogP contribution in [0.5, 0.6) is 11.5 Å². The Morgan fingerprint density at radius 2 is 1.75 bits per heavy atom. The molecule has 0 amide bonds. The van der Waals surface area contributed by atoms with Crippen LogP contribution in [0.1, 0.15) is 0 Å². The van der Waals surface area contributed by atoms with Gasteiger partial charge in [-0.05, 0) is 12.1 Å². The van der Waals surface area contributed by atoms with Crippen LogP contribution in [0.25, 0.3) is 10.6 Å². The smallest absolute Gasteiger partial charge is 0.125 e. The molecule has 0 aliphatic heterocycles. The highest BCUT2D eigenvalue weighted by molar-refractivity contribution is 7.18. The van der Waals surface area contributed by atoms with Gasteiger partial charge in [-0.3, -0.25) is 0 Å². The minimum Gasteiger partial charge on any atom is -0.497 e. The summed E-state index contributed by atoms with van der Waals surface area (Å²) in [5.41, 5.74) is 6.59. The number of ether oxygens (including phenoxy) is 2. The summed E-state index contributed by atoms with van der Waals surface area (Å²) in [7, 11) is 3.24. The van der Waals surface area contributed by atoms with Gasteiger partial charge in [0.05, 0.1) is 20.4 Å². The Morgan fingerprint density at radius 3 is 2.19 bits per heavy atom. The van der Waals surface area contributed by atoms with Crippen LogP contribution in [-0.2, 0) is 0 Å². The third-order valence-corrected chi connectivity index (χ3v) is 3.00. The Kier molecular flexibility index (Phi) is 2.96. The van der Waals surface area contributed by atoms with E-state index in [0.717, 1.165) is 22.1 Å². The number of hydrogen-bond donors (Lipinski definition) is 1. The molecule has 1 heterocycles. The van der Waals surface area contributed by atoms with E-state index in [1.54, 1.807) is 20.4 Å². The molecular weight excluding hydrogens is 224 g/mol. The molecule has 0 fully saturated rings. The van der Waals surface area contributed by atoms with Crippen LogP contribution >= 0.6 is 11.3 Å². The SMILES string of the molecule is COc1cc(OC)cc(-c2ncc(N)s2)c1. The van der Waals surface area contributed by atoms with Crippen LogP contribution in [0.4, 0.5) is 5.00 Å². The van der Waals surface area contributed by atoms with Crippen molar-refractivity contribution < 1.29 is 9.47 Å². The molecule has 0 atom stereocenters. The van der Waals surface area contributed by atoms with Gasteiger partial charge in [-0.2, -0.15) is 0 Å². The van der Waals surface area contributed by atoms with Crippen molar-refractivity contribution in [1.82, 2.24) is 4.98 Å². The Morgan fingerprint density at radius 1 is 1.12 bits per heavy atom. The van der Waals surface area contributed by atoms with Crippen molar-refractivity contribution in [1.29, 1.82) is 0 Å². The topological polar surface area (TPSA) is 57.4 Å². The fourth-order valence-corrected chi connectivity index (χ4v) is 2.02. The molecule has 0 aliphatic rings. The lowest BCUT2D eigenvalue weighted by Gasteiger charge is -2.06. The number of methoxy groups -OCH3 is 2. The summed E-state index contributed by atoms with van der Waals surface area (Å²) in [4.78, 5) is 4.22. The normalized spacial score (nSPS) is 10.1. The molecule has 2 N–H and O–H groups in total. The molecule has 0 spiro atoms. The molecule has 1 aromatic carbocycles. The third kappa shape index (κ3) is 2.09. The molecule has 0 unspecified atom stereocenters.